The highest BCUT2D eigenvalue weighted by atomic mass is 32.2. The molecule has 2 rings (SSSR count). The molecule has 0 spiro atoms. The first-order valence-electron chi connectivity index (χ1n) is 8.87. The number of hydrogen-bond donors (Lipinski definition) is 2. The molecule has 2 N–H and O–H groups in total. The van der Waals surface area contributed by atoms with E-state index in [1.54, 1.807) is 14.2 Å². The van der Waals surface area contributed by atoms with E-state index in [9.17, 15) is 9.59 Å². The van der Waals surface area contributed by atoms with Gasteiger partial charge in [0, 0.05) is 10.6 Å². The molecule has 0 saturated heterocycles. The lowest BCUT2D eigenvalue weighted by atomic mass is 10.1. The Morgan fingerprint density at radius 1 is 1.04 bits per heavy atom. The highest BCUT2D eigenvalue weighted by Crippen LogP contribution is 2.31. The van der Waals surface area contributed by atoms with Crippen LogP contribution in [-0.4, -0.2) is 31.8 Å². The van der Waals surface area contributed by atoms with Crippen LogP contribution in [0.25, 0.3) is 0 Å². The summed E-state index contributed by atoms with van der Waals surface area (Å²) < 4.78 is 10.6. The van der Waals surface area contributed by atoms with Gasteiger partial charge >= 0.3 is 0 Å². The first-order chi connectivity index (χ1) is 13.4. The van der Waals surface area contributed by atoms with E-state index in [1.807, 2.05) is 32.0 Å². The molecular formula is C20H26N2O4S2. The molecule has 0 aliphatic carbocycles. The Morgan fingerprint density at radius 3 is 2.32 bits per heavy atom. The lowest BCUT2D eigenvalue weighted by Gasteiger charge is -2.12. The van der Waals surface area contributed by atoms with Gasteiger partial charge in [-0.1, -0.05) is 6.92 Å². The predicted octanol–water partition coefficient (Wildman–Crippen LogP) is 3.64. The summed E-state index contributed by atoms with van der Waals surface area (Å²) in [7, 11) is 3.20. The molecule has 2 aromatic rings. The smallest absolute Gasteiger partial charge is 0.279 e. The average Bonchev–Trinajstić information content (AvgIpc) is 3.07. The zero-order chi connectivity index (χ0) is 20.7. The Bertz CT molecular complexity index is 849. The van der Waals surface area contributed by atoms with Crippen LogP contribution >= 0.6 is 23.1 Å². The van der Waals surface area contributed by atoms with Crippen LogP contribution in [0.2, 0.25) is 0 Å². The lowest BCUT2D eigenvalue weighted by Crippen LogP contribution is -2.42. The van der Waals surface area contributed by atoms with Gasteiger partial charge in [-0.2, -0.15) is 0 Å². The van der Waals surface area contributed by atoms with Crippen molar-refractivity contribution in [1.29, 1.82) is 0 Å². The molecule has 0 atom stereocenters. The van der Waals surface area contributed by atoms with Crippen LogP contribution < -0.4 is 20.3 Å². The van der Waals surface area contributed by atoms with E-state index < -0.39 is 0 Å². The first-order valence-corrected chi connectivity index (χ1v) is 10.8. The second-order valence-electron chi connectivity index (χ2n) is 6.20. The SMILES string of the molecule is CCc1sc(C(=O)NNC(=O)CSCc2cc(OC)c(OC)cc2C)cc1C. The first kappa shape index (κ1) is 22.1. The predicted molar refractivity (Wildman–Crippen MR) is 114 cm³/mol. The van der Waals surface area contributed by atoms with Crippen LogP contribution in [0.15, 0.2) is 18.2 Å². The van der Waals surface area contributed by atoms with E-state index in [0.29, 0.717) is 22.1 Å². The van der Waals surface area contributed by atoms with Crippen LogP contribution in [0.1, 0.15) is 38.2 Å². The Kier molecular flexibility index (Phi) is 8.19. The van der Waals surface area contributed by atoms with Crippen LogP contribution in [0.4, 0.5) is 0 Å². The summed E-state index contributed by atoms with van der Waals surface area (Å²) in [4.78, 5) is 25.9. The van der Waals surface area contributed by atoms with Gasteiger partial charge in [0.2, 0.25) is 5.91 Å². The molecule has 0 unspecified atom stereocenters. The van der Waals surface area contributed by atoms with Crippen molar-refractivity contribution in [2.75, 3.05) is 20.0 Å². The highest BCUT2D eigenvalue weighted by molar-refractivity contribution is 7.99. The molecule has 6 nitrogen and oxygen atoms in total. The number of ether oxygens (including phenoxy) is 2. The van der Waals surface area contributed by atoms with Crippen molar-refractivity contribution in [2.24, 2.45) is 0 Å². The van der Waals surface area contributed by atoms with E-state index in [1.165, 1.54) is 28.0 Å². The summed E-state index contributed by atoms with van der Waals surface area (Å²) in [5, 5.41) is 0. The third kappa shape index (κ3) is 5.65. The third-order valence-corrected chi connectivity index (χ3v) is 6.58. The number of carbonyl (C=O) groups excluding carboxylic acids is 2. The standard InChI is InChI=1S/C20H26N2O4S2/c1-6-17-13(3)8-18(28-17)20(24)22-21-19(23)11-27-10-14-9-16(26-5)15(25-4)7-12(14)2/h7-9H,6,10-11H2,1-5H3,(H,21,23)(H,22,24). The summed E-state index contributed by atoms with van der Waals surface area (Å²) in [6.07, 6.45) is 0.891. The topological polar surface area (TPSA) is 76.7 Å². The number of methoxy groups -OCH3 is 2. The number of hydrazine groups is 1. The van der Waals surface area contributed by atoms with Crippen molar-refractivity contribution in [3.05, 3.63) is 44.6 Å². The maximum Gasteiger partial charge on any atom is 0.279 e. The van der Waals surface area contributed by atoms with Gasteiger partial charge in [0.05, 0.1) is 24.8 Å². The van der Waals surface area contributed by atoms with Crippen molar-refractivity contribution >= 4 is 34.9 Å². The maximum absolute atomic E-state index is 12.2. The Balaban J connectivity index is 1.82. The molecule has 0 saturated carbocycles. The van der Waals surface area contributed by atoms with Crippen molar-refractivity contribution in [3.63, 3.8) is 0 Å². The van der Waals surface area contributed by atoms with E-state index in [0.717, 1.165) is 23.1 Å². The Morgan fingerprint density at radius 2 is 1.71 bits per heavy atom. The second kappa shape index (κ2) is 10.4. The van der Waals surface area contributed by atoms with E-state index in [2.05, 4.69) is 17.8 Å². The molecule has 2 amide bonds. The van der Waals surface area contributed by atoms with Gasteiger partial charge in [-0.05, 0) is 55.2 Å². The fraction of sp³-hybridized carbons (Fsp3) is 0.400. The minimum atomic E-state index is -0.290. The number of aryl methyl sites for hydroxylation is 3. The van der Waals surface area contributed by atoms with Crippen LogP contribution in [-0.2, 0) is 17.0 Å². The molecule has 0 aliphatic rings. The van der Waals surface area contributed by atoms with Gasteiger partial charge in [0.1, 0.15) is 0 Å². The summed E-state index contributed by atoms with van der Waals surface area (Å²) in [6.45, 7) is 6.03. The lowest BCUT2D eigenvalue weighted by molar-refractivity contribution is -0.119. The van der Waals surface area contributed by atoms with Gasteiger partial charge in [0.15, 0.2) is 11.5 Å². The minimum Gasteiger partial charge on any atom is -0.493 e. The fourth-order valence-corrected chi connectivity index (χ4v) is 4.54. The zero-order valence-electron chi connectivity index (χ0n) is 16.8. The molecule has 1 aromatic heterocycles. The number of hydrogen-bond acceptors (Lipinski definition) is 6. The van der Waals surface area contributed by atoms with Gasteiger partial charge in [-0.25, -0.2) is 0 Å². The molecule has 0 fully saturated rings. The number of thioether (sulfide) groups is 1. The van der Waals surface area contributed by atoms with Crippen molar-refractivity contribution in [1.82, 2.24) is 10.9 Å². The molecule has 1 heterocycles. The van der Waals surface area contributed by atoms with Crippen LogP contribution in [0.5, 0.6) is 11.5 Å². The molecule has 0 radical (unpaired) electrons. The molecule has 1 aromatic carbocycles. The molecule has 8 heteroatoms. The van der Waals surface area contributed by atoms with Gasteiger partial charge < -0.3 is 9.47 Å². The molecule has 0 bridgehead atoms. The molecule has 0 aliphatic heterocycles. The molecule has 152 valence electrons. The quantitative estimate of drug-likeness (QED) is 0.635. The fourth-order valence-electron chi connectivity index (χ4n) is 2.64. The van der Waals surface area contributed by atoms with Gasteiger partial charge in [-0.15, -0.1) is 23.1 Å². The number of thiophene rings is 1. The summed E-state index contributed by atoms with van der Waals surface area (Å²) in [6, 6.07) is 5.69. The number of nitrogens with one attached hydrogen (secondary N) is 2. The maximum atomic E-state index is 12.2. The molecular weight excluding hydrogens is 396 g/mol. The second-order valence-corrected chi connectivity index (χ2v) is 8.32. The van der Waals surface area contributed by atoms with Gasteiger partial charge in [0.25, 0.3) is 5.91 Å². The number of carbonyl (C=O) groups is 2. The summed E-state index contributed by atoms with van der Waals surface area (Å²) >= 11 is 2.91. The zero-order valence-corrected chi connectivity index (χ0v) is 18.4. The monoisotopic (exact) mass is 422 g/mol. The van der Waals surface area contributed by atoms with E-state index in [4.69, 9.17) is 9.47 Å². The summed E-state index contributed by atoms with van der Waals surface area (Å²) in [5.41, 5.74) is 8.19. The van der Waals surface area contributed by atoms with Crippen molar-refractivity contribution in [2.45, 2.75) is 32.9 Å². The largest absolute Gasteiger partial charge is 0.493 e. The number of benzene rings is 1. The Labute approximate surface area is 174 Å². The number of amides is 2. The van der Waals surface area contributed by atoms with E-state index >= 15 is 0 Å². The minimum absolute atomic E-state index is 0.234. The van der Waals surface area contributed by atoms with E-state index in [-0.39, 0.29) is 17.6 Å². The van der Waals surface area contributed by atoms with Gasteiger partial charge in [-0.3, -0.25) is 20.4 Å². The molecule has 28 heavy (non-hydrogen) atoms. The van der Waals surface area contributed by atoms with Crippen LogP contribution in [0.3, 0.4) is 0 Å². The highest BCUT2D eigenvalue weighted by Gasteiger charge is 2.13. The van der Waals surface area contributed by atoms with Crippen LogP contribution in [0, 0.1) is 13.8 Å². The average molecular weight is 423 g/mol. The summed E-state index contributed by atoms with van der Waals surface area (Å²) in [5.74, 6) is 1.69. The Hall–Kier alpha value is -2.19. The number of rotatable bonds is 8. The van der Waals surface area contributed by atoms with Crippen molar-refractivity contribution < 1.29 is 19.1 Å². The normalized spacial score (nSPS) is 10.5. The third-order valence-electron chi connectivity index (χ3n) is 4.21. The van der Waals surface area contributed by atoms with Crippen molar-refractivity contribution in [3.8, 4) is 11.5 Å².